The highest BCUT2D eigenvalue weighted by Crippen LogP contribution is 2.37. The third-order valence-electron chi connectivity index (χ3n) is 4.68. The molecule has 0 fully saturated rings. The van der Waals surface area contributed by atoms with E-state index in [2.05, 4.69) is 44.9 Å². The van der Waals surface area contributed by atoms with Crippen molar-refractivity contribution >= 4 is 49.6 Å². The second kappa shape index (κ2) is 7.99. The third-order valence-corrected chi connectivity index (χ3v) is 5.94. The van der Waals surface area contributed by atoms with Crippen molar-refractivity contribution in [1.82, 2.24) is 9.38 Å². The maximum atomic E-state index is 6.27. The lowest BCUT2D eigenvalue weighted by Gasteiger charge is -2.13. The smallest absolute Gasteiger partial charge is 0.197 e. The van der Waals surface area contributed by atoms with Crippen molar-refractivity contribution in [1.29, 1.82) is 0 Å². The van der Waals surface area contributed by atoms with Crippen molar-refractivity contribution in [2.45, 2.75) is 6.42 Å². The number of ether oxygens (including phenoxy) is 1. The molecule has 7 heteroatoms. The van der Waals surface area contributed by atoms with E-state index >= 15 is 0 Å². The Kier molecular flexibility index (Phi) is 5.44. The number of thiazole rings is 1. The van der Waals surface area contributed by atoms with E-state index in [1.807, 2.05) is 26.2 Å². The molecule has 5 nitrogen and oxygen atoms in total. The zero-order valence-corrected chi connectivity index (χ0v) is 17.8. The highest BCUT2D eigenvalue weighted by molar-refractivity contribution is 7.23. The number of hydrogen-bond donors (Lipinski definition) is 1. The third kappa shape index (κ3) is 3.55. The fourth-order valence-corrected chi connectivity index (χ4v) is 4.42. The molecule has 2 aromatic carbocycles. The van der Waals surface area contributed by atoms with E-state index in [1.165, 1.54) is 4.70 Å². The number of anilines is 2. The van der Waals surface area contributed by atoms with Crippen LogP contribution in [0.3, 0.4) is 0 Å². The van der Waals surface area contributed by atoms with Gasteiger partial charge in [-0.3, -0.25) is 4.40 Å². The number of aromatic nitrogens is 2. The van der Waals surface area contributed by atoms with Crippen molar-refractivity contribution in [2.24, 2.45) is 0 Å². The quantitative estimate of drug-likeness (QED) is 0.412. The van der Waals surface area contributed by atoms with Crippen molar-refractivity contribution in [3.8, 4) is 11.3 Å². The minimum atomic E-state index is 0.720. The zero-order valence-electron chi connectivity index (χ0n) is 16.2. The summed E-state index contributed by atoms with van der Waals surface area (Å²) in [6.07, 6.45) is 0.922. The summed E-state index contributed by atoms with van der Waals surface area (Å²) in [5, 5.41) is 4.30. The van der Waals surface area contributed by atoms with E-state index in [-0.39, 0.29) is 0 Å². The van der Waals surface area contributed by atoms with Crippen LogP contribution in [0.25, 0.3) is 26.4 Å². The van der Waals surface area contributed by atoms with E-state index in [0.29, 0.717) is 0 Å². The van der Waals surface area contributed by atoms with Crippen LogP contribution in [0, 0.1) is 0 Å². The minimum absolute atomic E-state index is 0.720. The van der Waals surface area contributed by atoms with Crippen LogP contribution in [0.2, 0.25) is 5.02 Å². The number of rotatable bonds is 7. The van der Waals surface area contributed by atoms with Crippen LogP contribution >= 0.6 is 22.9 Å². The second-order valence-electron chi connectivity index (χ2n) is 6.86. The predicted molar refractivity (Wildman–Crippen MR) is 120 cm³/mol. The first-order valence-electron chi connectivity index (χ1n) is 9.19. The summed E-state index contributed by atoms with van der Waals surface area (Å²) in [5.41, 5.74) is 4.28. The van der Waals surface area contributed by atoms with Gasteiger partial charge in [0.05, 0.1) is 10.2 Å². The van der Waals surface area contributed by atoms with Gasteiger partial charge >= 0.3 is 0 Å². The molecule has 0 radical (unpaired) electrons. The normalized spacial score (nSPS) is 11.4. The summed E-state index contributed by atoms with van der Waals surface area (Å²) >= 11 is 7.95. The van der Waals surface area contributed by atoms with Crippen molar-refractivity contribution in [3.05, 3.63) is 47.5 Å². The maximum absolute atomic E-state index is 6.27. The minimum Gasteiger partial charge on any atom is -0.385 e. The van der Waals surface area contributed by atoms with E-state index in [1.54, 1.807) is 18.4 Å². The summed E-state index contributed by atoms with van der Waals surface area (Å²) < 4.78 is 8.53. The molecule has 2 heterocycles. The topological polar surface area (TPSA) is 41.8 Å². The Morgan fingerprint density at radius 2 is 1.96 bits per heavy atom. The van der Waals surface area contributed by atoms with Gasteiger partial charge in [0.25, 0.3) is 0 Å². The number of methoxy groups -OCH3 is 1. The summed E-state index contributed by atoms with van der Waals surface area (Å²) in [7, 11) is 5.81. The molecule has 4 aromatic rings. The molecule has 2 aromatic heterocycles. The number of halogens is 1. The van der Waals surface area contributed by atoms with Crippen LogP contribution in [0.1, 0.15) is 6.42 Å². The fourth-order valence-electron chi connectivity index (χ4n) is 3.25. The van der Waals surface area contributed by atoms with Crippen LogP contribution in [0.4, 0.5) is 11.5 Å². The predicted octanol–water partition coefficient (Wildman–Crippen LogP) is 5.38. The van der Waals surface area contributed by atoms with Gasteiger partial charge in [0.1, 0.15) is 11.5 Å². The van der Waals surface area contributed by atoms with E-state index in [9.17, 15) is 0 Å². The second-order valence-corrected chi connectivity index (χ2v) is 8.30. The fraction of sp³-hybridized carbons (Fsp3) is 0.286. The van der Waals surface area contributed by atoms with Gasteiger partial charge in [-0.15, -0.1) is 0 Å². The van der Waals surface area contributed by atoms with Gasteiger partial charge in [0, 0.05) is 50.6 Å². The molecule has 0 amide bonds. The summed E-state index contributed by atoms with van der Waals surface area (Å²) in [6.45, 7) is 1.53. The molecule has 0 aliphatic rings. The van der Waals surface area contributed by atoms with E-state index in [0.717, 1.165) is 57.8 Å². The SMILES string of the molecule is COCCCNc1c(-c2ccc(N(C)C)cc2)nc2sc3ccc(Cl)cc3n12. The highest BCUT2D eigenvalue weighted by Gasteiger charge is 2.18. The molecule has 1 N–H and O–H groups in total. The molecule has 0 aliphatic carbocycles. The molecule has 0 saturated heterocycles. The maximum Gasteiger partial charge on any atom is 0.197 e. The Bertz CT molecular complexity index is 1100. The Labute approximate surface area is 173 Å². The lowest BCUT2D eigenvalue weighted by atomic mass is 10.1. The lowest BCUT2D eigenvalue weighted by Crippen LogP contribution is -2.08. The highest BCUT2D eigenvalue weighted by atomic mass is 35.5. The molecular formula is C21H23ClN4OS. The van der Waals surface area contributed by atoms with Gasteiger partial charge in [-0.05, 0) is 36.8 Å². The number of imidazole rings is 1. The molecular weight excluding hydrogens is 392 g/mol. The molecule has 0 spiro atoms. The molecule has 0 unspecified atom stereocenters. The summed E-state index contributed by atoms with van der Waals surface area (Å²) in [6, 6.07) is 14.5. The average molecular weight is 415 g/mol. The van der Waals surface area contributed by atoms with Crippen LogP contribution < -0.4 is 10.2 Å². The molecule has 146 valence electrons. The average Bonchev–Trinajstić information content (AvgIpc) is 3.21. The van der Waals surface area contributed by atoms with Crippen molar-refractivity contribution in [3.63, 3.8) is 0 Å². The molecule has 28 heavy (non-hydrogen) atoms. The number of nitrogens with zero attached hydrogens (tertiary/aromatic N) is 3. The summed E-state index contributed by atoms with van der Waals surface area (Å²) in [4.78, 5) is 8.00. The molecule has 4 rings (SSSR count). The Morgan fingerprint density at radius 3 is 2.68 bits per heavy atom. The number of benzene rings is 2. The first kappa shape index (κ1) is 19.1. The Morgan fingerprint density at radius 1 is 1.18 bits per heavy atom. The van der Waals surface area contributed by atoms with Gasteiger partial charge in [-0.2, -0.15) is 0 Å². The molecule has 0 atom stereocenters. The van der Waals surface area contributed by atoms with Gasteiger partial charge in [-0.25, -0.2) is 4.98 Å². The largest absolute Gasteiger partial charge is 0.385 e. The molecule has 0 bridgehead atoms. The molecule has 0 aliphatic heterocycles. The number of hydrogen-bond acceptors (Lipinski definition) is 5. The molecule has 0 saturated carbocycles. The monoisotopic (exact) mass is 414 g/mol. The Hall–Kier alpha value is -2.28. The van der Waals surface area contributed by atoms with Crippen molar-refractivity contribution in [2.75, 3.05) is 44.6 Å². The van der Waals surface area contributed by atoms with Crippen LogP contribution in [0.15, 0.2) is 42.5 Å². The Balaban J connectivity index is 1.83. The van der Waals surface area contributed by atoms with Crippen LogP contribution in [-0.2, 0) is 4.74 Å². The van der Waals surface area contributed by atoms with Gasteiger partial charge in [-0.1, -0.05) is 35.1 Å². The van der Waals surface area contributed by atoms with Gasteiger partial charge in [0.2, 0.25) is 0 Å². The first-order valence-corrected chi connectivity index (χ1v) is 10.4. The van der Waals surface area contributed by atoms with E-state index in [4.69, 9.17) is 21.3 Å². The standard InChI is InChI=1S/C21H23ClN4OS/c1-25(2)16-8-5-14(6-9-16)19-20(23-11-4-12-27-3)26-17-13-15(22)7-10-18(17)28-21(26)24-19/h5-10,13,23H,4,11-12H2,1-3H3. The first-order chi connectivity index (χ1) is 13.6. The van der Waals surface area contributed by atoms with E-state index < -0.39 is 0 Å². The number of fused-ring (bicyclic) bond motifs is 3. The van der Waals surface area contributed by atoms with Crippen LogP contribution in [0.5, 0.6) is 0 Å². The van der Waals surface area contributed by atoms with Crippen LogP contribution in [-0.4, -0.2) is 43.7 Å². The van der Waals surface area contributed by atoms with Crippen molar-refractivity contribution < 1.29 is 4.74 Å². The lowest BCUT2D eigenvalue weighted by molar-refractivity contribution is 0.198. The summed E-state index contributed by atoms with van der Waals surface area (Å²) in [5.74, 6) is 0.997. The number of nitrogens with one attached hydrogen (secondary N) is 1. The van der Waals surface area contributed by atoms with Gasteiger partial charge in [0.15, 0.2) is 4.96 Å². The zero-order chi connectivity index (χ0) is 19.7. The van der Waals surface area contributed by atoms with Gasteiger partial charge < -0.3 is 15.0 Å².